The second-order valence-corrected chi connectivity index (χ2v) is 4.69. The molecule has 1 amide bonds. The van der Waals surface area contributed by atoms with Crippen molar-refractivity contribution in [1.82, 2.24) is 9.97 Å². The fourth-order valence-electron chi connectivity index (χ4n) is 1.06. The summed E-state index contributed by atoms with van der Waals surface area (Å²) in [7, 11) is 0. The molecule has 0 aliphatic rings. The first-order valence-electron chi connectivity index (χ1n) is 5.17. The number of aromatic nitrogens is 2. The van der Waals surface area contributed by atoms with Crippen molar-refractivity contribution >= 4 is 23.5 Å². The van der Waals surface area contributed by atoms with E-state index in [2.05, 4.69) is 15.3 Å². The summed E-state index contributed by atoms with van der Waals surface area (Å²) in [5.74, 6) is 0.508. The van der Waals surface area contributed by atoms with Gasteiger partial charge < -0.3 is 4.74 Å². The number of halogens is 1. The van der Waals surface area contributed by atoms with Crippen LogP contribution in [0.1, 0.15) is 32.2 Å². The Morgan fingerprint density at radius 2 is 2.28 bits per heavy atom. The Labute approximate surface area is 110 Å². The molecule has 7 heteroatoms. The SMILES string of the molecule is CC(C)(C)OC(=O)Nc1nc(CCl)ncc1C#N. The molecule has 0 radical (unpaired) electrons. The number of alkyl halides is 1. The van der Waals surface area contributed by atoms with Crippen LogP contribution in [0, 0.1) is 11.3 Å². The van der Waals surface area contributed by atoms with Gasteiger partial charge in [0.1, 0.15) is 23.1 Å². The highest BCUT2D eigenvalue weighted by Gasteiger charge is 2.18. The van der Waals surface area contributed by atoms with Crippen molar-refractivity contribution < 1.29 is 9.53 Å². The van der Waals surface area contributed by atoms with E-state index >= 15 is 0 Å². The molecule has 0 fully saturated rings. The van der Waals surface area contributed by atoms with E-state index in [1.165, 1.54) is 6.20 Å². The van der Waals surface area contributed by atoms with E-state index in [0.29, 0.717) is 5.82 Å². The van der Waals surface area contributed by atoms with Crippen LogP contribution >= 0.6 is 11.6 Å². The maximum Gasteiger partial charge on any atom is 0.413 e. The van der Waals surface area contributed by atoms with Crippen LogP contribution in [0.2, 0.25) is 0 Å². The Balaban J connectivity index is 2.89. The van der Waals surface area contributed by atoms with E-state index < -0.39 is 11.7 Å². The number of hydrogen-bond acceptors (Lipinski definition) is 5. The summed E-state index contributed by atoms with van der Waals surface area (Å²) in [5.41, 5.74) is -0.478. The van der Waals surface area contributed by atoms with Crippen molar-refractivity contribution in [2.75, 3.05) is 5.32 Å². The van der Waals surface area contributed by atoms with Crippen LogP contribution in [0.15, 0.2) is 6.20 Å². The largest absolute Gasteiger partial charge is 0.444 e. The van der Waals surface area contributed by atoms with Gasteiger partial charge in [0.05, 0.1) is 12.1 Å². The number of nitrogens with zero attached hydrogens (tertiary/aromatic N) is 3. The monoisotopic (exact) mass is 268 g/mol. The van der Waals surface area contributed by atoms with Crippen LogP contribution in [0.3, 0.4) is 0 Å². The summed E-state index contributed by atoms with van der Waals surface area (Å²) in [6.07, 6.45) is 0.621. The highest BCUT2D eigenvalue weighted by atomic mass is 35.5. The zero-order valence-corrected chi connectivity index (χ0v) is 11.1. The molecule has 0 unspecified atom stereocenters. The fraction of sp³-hybridized carbons (Fsp3) is 0.455. The summed E-state index contributed by atoms with van der Waals surface area (Å²) in [6.45, 7) is 5.21. The van der Waals surface area contributed by atoms with Crippen molar-refractivity contribution in [1.29, 1.82) is 5.26 Å². The molecule has 96 valence electrons. The predicted octanol–water partition coefficient (Wildman–Crippen LogP) is 2.43. The topological polar surface area (TPSA) is 87.9 Å². The van der Waals surface area contributed by atoms with Crippen LogP contribution in [0.5, 0.6) is 0 Å². The molecule has 0 saturated heterocycles. The number of hydrogen-bond donors (Lipinski definition) is 1. The number of ether oxygens (including phenoxy) is 1. The summed E-state index contributed by atoms with van der Waals surface area (Å²) in [6, 6.07) is 1.88. The third-order valence-electron chi connectivity index (χ3n) is 1.70. The van der Waals surface area contributed by atoms with Crippen LogP contribution in [-0.2, 0) is 10.6 Å². The molecule has 0 saturated carbocycles. The molecule has 0 atom stereocenters. The molecule has 0 bridgehead atoms. The van der Waals surface area contributed by atoms with Crippen molar-refractivity contribution in [3.05, 3.63) is 17.6 Å². The number of carbonyl (C=O) groups excluding carboxylic acids is 1. The lowest BCUT2D eigenvalue weighted by atomic mass is 10.2. The van der Waals surface area contributed by atoms with Crippen LogP contribution < -0.4 is 5.32 Å². The summed E-state index contributed by atoms with van der Waals surface area (Å²) >= 11 is 5.59. The lowest BCUT2D eigenvalue weighted by molar-refractivity contribution is 0.0635. The lowest BCUT2D eigenvalue weighted by Gasteiger charge is -2.19. The Bertz CT molecular complexity index is 491. The van der Waals surface area contributed by atoms with Gasteiger partial charge >= 0.3 is 6.09 Å². The van der Waals surface area contributed by atoms with Gasteiger partial charge in [0.2, 0.25) is 0 Å². The van der Waals surface area contributed by atoms with Crippen LogP contribution in [0.4, 0.5) is 10.6 Å². The van der Waals surface area contributed by atoms with Gasteiger partial charge in [0.25, 0.3) is 0 Å². The second-order valence-electron chi connectivity index (χ2n) is 4.42. The molecule has 18 heavy (non-hydrogen) atoms. The minimum Gasteiger partial charge on any atom is -0.444 e. The van der Waals surface area contributed by atoms with Gasteiger partial charge in [-0.25, -0.2) is 14.8 Å². The normalized spacial score (nSPS) is 10.6. The zero-order chi connectivity index (χ0) is 13.8. The smallest absolute Gasteiger partial charge is 0.413 e. The molecule has 0 spiro atoms. The molecule has 1 aromatic rings. The lowest BCUT2D eigenvalue weighted by Crippen LogP contribution is -2.28. The highest BCUT2D eigenvalue weighted by Crippen LogP contribution is 2.14. The fourth-order valence-corrected chi connectivity index (χ4v) is 1.19. The number of carbonyl (C=O) groups is 1. The molecular weight excluding hydrogens is 256 g/mol. The van der Waals surface area contributed by atoms with Gasteiger partial charge in [-0.15, -0.1) is 11.6 Å². The number of amides is 1. The molecule has 0 aliphatic carbocycles. The third kappa shape index (κ3) is 4.18. The van der Waals surface area contributed by atoms with E-state index in [0.717, 1.165) is 0 Å². The van der Waals surface area contributed by atoms with Gasteiger partial charge in [-0.3, -0.25) is 5.32 Å². The highest BCUT2D eigenvalue weighted by molar-refractivity contribution is 6.16. The summed E-state index contributed by atoms with van der Waals surface area (Å²) in [5, 5.41) is 11.3. The molecule has 0 aromatic carbocycles. The first-order valence-corrected chi connectivity index (χ1v) is 5.71. The average molecular weight is 269 g/mol. The van der Waals surface area contributed by atoms with Crippen LogP contribution in [-0.4, -0.2) is 21.7 Å². The van der Waals surface area contributed by atoms with Gasteiger partial charge in [-0.1, -0.05) is 0 Å². The van der Waals surface area contributed by atoms with Crippen LogP contribution in [0.25, 0.3) is 0 Å². The minimum absolute atomic E-state index is 0.0920. The maximum absolute atomic E-state index is 11.6. The predicted molar refractivity (Wildman–Crippen MR) is 66.2 cm³/mol. The van der Waals surface area contributed by atoms with Crippen molar-refractivity contribution in [3.63, 3.8) is 0 Å². The molecule has 6 nitrogen and oxygen atoms in total. The molecule has 1 aromatic heterocycles. The Hall–Kier alpha value is -1.87. The Morgan fingerprint density at radius 1 is 1.61 bits per heavy atom. The van der Waals surface area contributed by atoms with E-state index in [9.17, 15) is 4.79 Å². The second kappa shape index (κ2) is 5.65. The Morgan fingerprint density at radius 3 is 2.78 bits per heavy atom. The number of nitriles is 1. The van der Waals surface area contributed by atoms with E-state index in [-0.39, 0.29) is 17.3 Å². The van der Waals surface area contributed by atoms with Gasteiger partial charge in [-0.2, -0.15) is 5.26 Å². The molecule has 0 aliphatic heterocycles. The van der Waals surface area contributed by atoms with Crippen molar-refractivity contribution in [2.24, 2.45) is 0 Å². The van der Waals surface area contributed by atoms with Gasteiger partial charge in [0, 0.05) is 0 Å². The van der Waals surface area contributed by atoms with Gasteiger partial charge in [0.15, 0.2) is 5.82 Å². The number of rotatable bonds is 2. The molecule has 1 N–H and O–H groups in total. The van der Waals surface area contributed by atoms with E-state index in [1.54, 1.807) is 20.8 Å². The van der Waals surface area contributed by atoms with Crippen molar-refractivity contribution in [2.45, 2.75) is 32.3 Å². The number of anilines is 1. The minimum atomic E-state index is -0.682. The molecule has 1 rings (SSSR count). The number of nitrogens with one attached hydrogen (secondary N) is 1. The first kappa shape index (κ1) is 14.2. The Kier molecular flexibility index (Phi) is 4.45. The third-order valence-corrected chi connectivity index (χ3v) is 1.94. The zero-order valence-electron chi connectivity index (χ0n) is 10.3. The summed E-state index contributed by atoms with van der Waals surface area (Å²) in [4.78, 5) is 19.4. The van der Waals surface area contributed by atoms with E-state index in [4.69, 9.17) is 21.6 Å². The van der Waals surface area contributed by atoms with E-state index in [1.807, 2.05) is 6.07 Å². The van der Waals surface area contributed by atoms with Crippen molar-refractivity contribution in [3.8, 4) is 6.07 Å². The standard InChI is InChI=1S/C11H13ClN4O2/c1-11(2,3)18-10(17)16-9-7(5-13)6-14-8(4-12)15-9/h6H,4H2,1-3H3,(H,14,15,16,17). The maximum atomic E-state index is 11.6. The average Bonchev–Trinajstić information content (AvgIpc) is 2.26. The molecular formula is C11H13ClN4O2. The van der Waals surface area contributed by atoms with Gasteiger partial charge in [-0.05, 0) is 20.8 Å². The molecule has 1 heterocycles. The summed E-state index contributed by atoms with van der Waals surface area (Å²) < 4.78 is 5.06. The first-order chi connectivity index (χ1) is 8.35. The quantitative estimate of drug-likeness (QED) is 0.832.